The van der Waals surface area contributed by atoms with Crippen LogP contribution in [-0.4, -0.2) is 11.7 Å². The van der Waals surface area contributed by atoms with Gasteiger partial charge in [-0.1, -0.05) is 32.9 Å². The molecule has 0 saturated heterocycles. The lowest BCUT2D eigenvalue weighted by atomic mass is 9.84. The van der Waals surface area contributed by atoms with E-state index < -0.39 is 0 Å². The van der Waals surface area contributed by atoms with E-state index in [2.05, 4.69) is 26.8 Å². The summed E-state index contributed by atoms with van der Waals surface area (Å²) >= 11 is 0. The Bertz CT molecular complexity index is 350. The normalized spacial score (nSPS) is 11.8. The molecule has 0 unspecified atom stereocenters. The molecule has 0 spiro atoms. The molecule has 0 saturated carbocycles. The average Bonchev–Trinajstić information content (AvgIpc) is 2.09. The highest BCUT2D eigenvalue weighted by molar-refractivity contribution is 5.48. The molecule has 0 atom stereocenters. The van der Waals surface area contributed by atoms with Gasteiger partial charge in [-0.05, 0) is 42.0 Å². The van der Waals surface area contributed by atoms with Crippen molar-refractivity contribution in [1.29, 1.82) is 0 Å². The SMILES string of the molecule is Cc1ccc(C(C)(C)C)c(O)c1CCN. The van der Waals surface area contributed by atoms with Gasteiger partial charge in [0.1, 0.15) is 5.75 Å². The zero-order chi connectivity index (χ0) is 11.6. The number of hydrogen-bond donors (Lipinski definition) is 2. The van der Waals surface area contributed by atoms with Crippen LogP contribution in [-0.2, 0) is 11.8 Å². The van der Waals surface area contributed by atoms with Gasteiger partial charge in [0.05, 0.1) is 0 Å². The third kappa shape index (κ3) is 2.51. The van der Waals surface area contributed by atoms with Crippen molar-refractivity contribution in [3.05, 3.63) is 28.8 Å². The van der Waals surface area contributed by atoms with Crippen molar-refractivity contribution in [2.45, 2.75) is 39.5 Å². The summed E-state index contributed by atoms with van der Waals surface area (Å²) in [6, 6.07) is 4.07. The van der Waals surface area contributed by atoms with Crippen LogP contribution in [0.5, 0.6) is 5.75 Å². The van der Waals surface area contributed by atoms with E-state index in [1.165, 1.54) is 0 Å². The number of nitrogens with two attached hydrogens (primary N) is 1. The van der Waals surface area contributed by atoms with E-state index in [9.17, 15) is 5.11 Å². The number of phenolic OH excluding ortho intramolecular Hbond substituents is 1. The summed E-state index contributed by atoms with van der Waals surface area (Å²) in [5.74, 6) is 0.424. The number of rotatable bonds is 2. The van der Waals surface area contributed by atoms with Gasteiger partial charge < -0.3 is 10.8 Å². The van der Waals surface area contributed by atoms with Crippen LogP contribution in [0.4, 0.5) is 0 Å². The highest BCUT2D eigenvalue weighted by Gasteiger charge is 2.20. The Hall–Kier alpha value is -1.02. The molecule has 1 rings (SSSR count). The lowest BCUT2D eigenvalue weighted by molar-refractivity contribution is 0.439. The smallest absolute Gasteiger partial charge is 0.122 e. The standard InChI is InChI=1S/C13H21NO/c1-9-5-6-11(13(2,3)4)12(15)10(9)7-8-14/h5-6,15H,7-8,14H2,1-4H3. The molecule has 0 radical (unpaired) electrons. The molecule has 15 heavy (non-hydrogen) atoms. The first-order chi connectivity index (χ1) is 6.88. The topological polar surface area (TPSA) is 46.2 Å². The predicted molar refractivity (Wildman–Crippen MR) is 64.3 cm³/mol. The van der Waals surface area contributed by atoms with Crippen LogP contribution < -0.4 is 5.73 Å². The van der Waals surface area contributed by atoms with E-state index in [-0.39, 0.29) is 5.41 Å². The molecule has 0 amide bonds. The summed E-state index contributed by atoms with van der Waals surface area (Å²) < 4.78 is 0. The largest absolute Gasteiger partial charge is 0.507 e. The van der Waals surface area contributed by atoms with Crippen molar-refractivity contribution in [2.75, 3.05) is 6.54 Å². The van der Waals surface area contributed by atoms with Crippen LogP contribution >= 0.6 is 0 Å². The van der Waals surface area contributed by atoms with Crippen molar-refractivity contribution in [3.8, 4) is 5.75 Å². The maximum Gasteiger partial charge on any atom is 0.122 e. The zero-order valence-corrected chi connectivity index (χ0v) is 10.1. The van der Waals surface area contributed by atoms with Gasteiger partial charge in [0.15, 0.2) is 0 Å². The third-order valence-corrected chi connectivity index (χ3v) is 2.72. The Morgan fingerprint density at radius 3 is 2.33 bits per heavy atom. The molecular formula is C13H21NO. The molecule has 1 aromatic rings. The fourth-order valence-electron chi connectivity index (χ4n) is 1.80. The summed E-state index contributed by atoms with van der Waals surface area (Å²) in [5.41, 5.74) is 8.62. The Morgan fingerprint density at radius 1 is 1.27 bits per heavy atom. The van der Waals surface area contributed by atoms with Crippen molar-refractivity contribution >= 4 is 0 Å². The van der Waals surface area contributed by atoms with Gasteiger partial charge in [0.2, 0.25) is 0 Å². The summed E-state index contributed by atoms with van der Waals surface area (Å²) in [7, 11) is 0. The second-order valence-corrected chi connectivity index (χ2v) is 5.05. The van der Waals surface area contributed by atoms with Crippen molar-refractivity contribution in [2.24, 2.45) is 5.73 Å². The molecule has 0 fully saturated rings. The number of hydrogen-bond acceptors (Lipinski definition) is 2. The van der Waals surface area contributed by atoms with E-state index in [4.69, 9.17) is 5.73 Å². The molecule has 0 aliphatic heterocycles. The van der Waals surface area contributed by atoms with E-state index in [0.29, 0.717) is 12.3 Å². The molecule has 2 heteroatoms. The van der Waals surface area contributed by atoms with Gasteiger partial charge >= 0.3 is 0 Å². The molecule has 0 aliphatic rings. The van der Waals surface area contributed by atoms with Crippen molar-refractivity contribution in [3.63, 3.8) is 0 Å². The average molecular weight is 207 g/mol. The Kier molecular flexibility index (Phi) is 3.40. The molecule has 3 N–H and O–H groups in total. The maximum absolute atomic E-state index is 10.2. The molecule has 2 nitrogen and oxygen atoms in total. The monoisotopic (exact) mass is 207 g/mol. The Morgan fingerprint density at radius 2 is 1.87 bits per heavy atom. The van der Waals surface area contributed by atoms with E-state index in [1.807, 2.05) is 13.0 Å². The highest BCUT2D eigenvalue weighted by atomic mass is 16.3. The fraction of sp³-hybridized carbons (Fsp3) is 0.538. The van der Waals surface area contributed by atoms with Crippen LogP contribution in [0, 0.1) is 6.92 Å². The molecule has 0 heterocycles. The lowest BCUT2D eigenvalue weighted by Gasteiger charge is -2.23. The van der Waals surface area contributed by atoms with Crippen LogP contribution in [0.15, 0.2) is 12.1 Å². The fourth-order valence-corrected chi connectivity index (χ4v) is 1.80. The Balaban J connectivity index is 3.28. The predicted octanol–water partition coefficient (Wildman–Crippen LogP) is 2.50. The quantitative estimate of drug-likeness (QED) is 0.782. The molecule has 84 valence electrons. The third-order valence-electron chi connectivity index (χ3n) is 2.72. The Labute approximate surface area is 92.1 Å². The van der Waals surface area contributed by atoms with Gasteiger partial charge in [-0.25, -0.2) is 0 Å². The summed E-state index contributed by atoms with van der Waals surface area (Å²) in [5, 5.41) is 10.2. The van der Waals surface area contributed by atoms with Crippen molar-refractivity contribution in [1.82, 2.24) is 0 Å². The van der Waals surface area contributed by atoms with Gasteiger partial charge in [0, 0.05) is 0 Å². The number of phenols is 1. The van der Waals surface area contributed by atoms with Gasteiger partial charge in [-0.2, -0.15) is 0 Å². The number of benzene rings is 1. The van der Waals surface area contributed by atoms with Crippen LogP contribution in [0.1, 0.15) is 37.5 Å². The molecule has 0 bridgehead atoms. The second-order valence-electron chi connectivity index (χ2n) is 5.05. The minimum atomic E-state index is -0.0267. The van der Waals surface area contributed by atoms with Gasteiger partial charge in [0.25, 0.3) is 0 Å². The number of aromatic hydroxyl groups is 1. The first-order valence-electron chi connectivity index (χ1n) is 5.40. The summed E-state index contributed by atoms with van der Waals surface area (Å²) in [6.45, 7) is 8.88. The summed E-state index contributed by atoms with van der Waals surface area (Å²) in [4.78, 5) is 0. The van der Waals surface area contributed by atoms with Gasteiger partial charge in [-0.3, -0.25) is 0 Å². The highest BCUT2D eigenvalue weighted by Crippen LogP contribution is 2.34. The molecular weight excluding hydrogens is 186 g/mol. The molecule has 0 aliphatic carbocycles. The minimum Gasteiger partial charge on any atom is -0.507 e. The van der Waals surface area contributed by atoms with E-state index in [0.717, 1.165) is 23.1 Å². The molecule has 1 aromatic carbocycles. The van der Waals surface area contributed by atoms with Gasteiger partial charge in [-0.15, -0.1) is 0 Å². The first kappa shape index (κ1) is 12.1. The minimum absolute atomic E-state index is 0.0267. The van der Waals surface area contributed by atoms with Crippen LogP contribution in [0.3, 0.4) is 0 Å². The first-order valence-corrected chi connectivity index (χ1v) is 5.40. The molecule has 0 aromatic heterocycles. The van der Waals surface area contributed by atoms with Crippen molar-refractivity contribution < 1.29 is 5.11 Å². The lowest BCUT2D eigenvalue weighted by Crippen LogP contribution is -2.13. The van der Waals surface area contributed by atoms with Crippen LogP contribution in [0.25, 0.3) is 0 Å². The number of aryl methyl sites for hydroxylation is 1. The van der Waals surface area contributed by atoms with E-state index in [1.54, 1.807) is 0 Å². The maximum atomic E-state index is 10.2. The van der Waals surface area contributed by atoms with E-state index >= 15 is 0 Å². The van der Waals surface area contributed by atoms with Crippen LogP contribution in [0.2, 0.25) is 0 Å². The summed E-state index contributed by atoms with van der Waals surface area (Å²) in [6.07, 6.45) is 0.738. The zero-order valence-electron chi connectivity index (χ0n) is 10.1. The second kappa shape index (κ2) is 4.23.